The van der Waals surface area contributed by atoms with Crippen LogP contribution in [-0.4, -0.2) is 0 Å². The minimum Gasteiger partial charge on any atom is -0.0813 e. The molecule has 0 aromatic heterocycles. The quantitative estimate of drug-likeness (QED) is 0.461. The second-order valence-electron chi connectivity index (χ2n) is 4.96. The van der Waals surface area contributed by atoms with Crippen LogP contribution in [0.5, 0.6) is 0 Å². The Hall–Kier alpha value is -0.260. The van der Waals surface area contributed by atoms with Gasteiger partial charge in [-0.05, 0) is 48.9 Å². The average molecular weight is 146 g/mol. The molecule has 0 aliphatic heterocycles. The van der Waals surface area contributed by atoms with E-state index in [2.05, 4.69) is 6.08 Å². The average Bonchev–Trinajstić information content (AvgIpc) is 2.46. The van der Waals surface area contributed by atoms with Gasteiger partial charge in [-0.25, -0.2) is 0 Å². The third-order valence-electron chi connectivity index (χ3n) is 4.63. The lowest BCUT2D eigenvalue weighted by molar-refractivity contribution is 0.365. The van der Waals surface area contributed by atoms with Crippen molar-refractivity contribution >= 4 is 0 Å². The molecule has 11 heavy (non-hydrogen) atoms. The Morgan fingerprint density at radius 2 is 2.27 bits per heavy atom. The van der Waals surface area contributed by atoms with Gasteiger partial charge < -0.3 is 0 Å². The minimum atomic E-state index is 1.06. The number of fused-ring (bicyclic) bond motifs is 3. The highest BCUT2D eigenvalue weighted by atomic mass is 14.7. The van der Waals surface area contributed by atoms with Crippen LogP contribution in [0.15, 0.2) is 11.6 Å². The number of hydrogen-bond donors (Lipinski definition) is 0. The van der Waals surface area contributed by atoms with E-state index in [0.717, 1.165) is 17.8 Å². The van der Waals surface area contributed by atoms with Gasteiger partial charge in [0.1, 0.15) is 0 Å². The summed E-state index contributed by atoms with van der Waals surface area (Å²) >= 11 is 0. The molecule has 0 nitrogen and oxygen atoms in total. The molecule has 4 aliphatic carbocycles. The maximum Gasteiger partial charge on any atom is -0.0132 e. The summed E-state index contributed by atoms with van der Waals surface area (Å²) in [5.41, 5.74) is 1.92. The molecule has 4 aliphatic rings. The molecule has 0 aromatic rings. The summed E-state index contributed by atoms with van der Waals surface area (Å²) < 4.78 is 0. The Morgan fingerprint density at radius 1 is 1.27 bits per heavy atom. The van der Waals surface area contributed by atoms with E-state index in [9.17, 15) is 0 Å². The van der Waals surface area contributed by atoms with Crippen LogP contribution in [0.25, 0.3) is 0 Å². The molecule has 0 aromatic carbocycles. The van der Waals surface area contributed by atoms with Crippen molar-refractivity contribution in [3.63, 3.8) is 0 Å². The molecule has 0 heteroatoms. The smallest absolute Gasteiger partial charge is 0.0132 e. The van der Waals surface area contributed by atoms with Crippen LogP contribution in [0.4, 0.5) is 0 Å². The Labute approximate surface area is 67.7 Å². The third-order valence-corrected chi connectivity index (χ3v) is 4.63. The van der Waals surface area contributed by atoms with E-state index in [1.54, 1.807) is 12.8 Å². The van der Waals surface area contributed by atoms with Gasteiger partial charge in [-0.15, -0.1) is 0 Å². The second-order valence-corrected chi connectivity index (χ2v) is 4.96. The van der Waals surface area contributed by atoms with Crippen LogP contribution >= 0.6 is 0 Å². The van der Waals surface area contributed by atoms with Gasteiger partial charge in [0, 0.05) is 0 Å². The molecule has 2 bridgehead atoms. The largest absolute Gasteiger partial charge is 0.0813 e. The van der Waals surface area contributed by atoms with Crippen molar-refractivity contribution < 1.29 is 0 Å². The molecule has 2 fully saturated rings. The van der Waals surface area contributed by atoms with Gasteiger partial charge in [-0.3, -0.25) is 0 Å². The van der Waals surface area contributed by atoms with E-state index in [4.69, 9.17) is 0 Å². The van der Waals surface area contributed by atoms with E-state index >= 15 is 0 Å². The minimum absolute atomic E-state index is 1.06. The van der Waals surface area contributed by atoms with Crippen LogP contribution in [0.1, 0.15) is 25.7 Å². The van der Waals surface area contributed by atoms with E-state index < -0.39 is 0 Å². The first kappa shape index (κ1) is 5.40. The molecule has 0 saturated heterocycles. The maximum atomic E-state index is 2.64. The van der Waals surface area contributed by atoms with Gasteiger partial charge in [-0.1, -0.05) is 18.1 Å². The van der Waals surface area contributed by atoms with Gasteiger partial charge in [0.25, 0.3) is 0 Å². The zero-order valence-electron chi connectivity index (χ0n) is 6.79. The maximum absolute atomic E-state index is 2.64. The summed E-state index contributed by atoms with van der Waals surface area (Å²) in [6.07, 6.45) is 8.82. The number of hydrogen-bond acceptors (Lipinski definition) is 0. The SMILES string of the molecule is C1=C2C3CCCC4C2C4C1C3. The predicted molar refractivity (Wildman–Crippen MR) is 44.0 cm³/mol. The molecular weight excluding hydrogens is 132 g/mol. The molecule has 0 radical (unpaired) electrons. The van der Waals surface area contributed by atoms with Crippen LogP contribution in [0.2, 0.25) is 0 Å². The van der Waals surface area contributed by atoms with Gasteiger partial charge in [0.05, 0.1) is 0 Å². The summed E-state index contributed by atoms with van der Waals surface area (Å²) in [5.74, 6) is 5.59. The molecule has 5 unspecified atom stereocenters. The lowest BCUT2D eigenvalue weighted by Crippen LogP contribution is -2.10. The molecular formula is C11H14. The van der Waals surface area contributed by atoms with Crippen molar-refractivity contribution in [2.24, 2.45) is 29.6 Å². The predicted octanol–water partition coefficient (Wildman–Crippen LogP) is 2.61. The molecule has 58 valence electrons. The van der Waals surface area contributed by atoms with Crippen molar-refractivity contribution in [1.82, 2.24) is 0 Å². The van der Waals surface area contributed by atoms with Crippen molar-refractivity contribution in [3.05, 3.63) is 11.6 Å². The van der Waals surface area contributed by atoms with Crippen LogP contribution < -0.4 is 0 Å². The van der Waals surface area contributed by atoms with Crippen molar-refractivity contribution in [1.29, 1.82) is 0 Å². The lowest BCUT2D eigenvalue weighted by Gasteiger charge is -2.19. The summed E-state index contributed by atoms with van der Waals surface area (Å²) in [7, 11) is 0. The Kier molecular flexibility index (Phi) is 0.706. The van der Waals surface area contributed by atoms with Gasteiger partial charge in [0.2, 0.25) is 0 Å². The molecule has 0 spiro atoms. The van der Waals surface area contributed by atoms with Gasteiger partial charge >= 0.3 is 0 Å². The van der Waals surface area contributed by atoms with Crippen LogP contribution in [0, 0.1) is 29.6 Å². The zero-order chi connectivity index (χ0) is 7.00. The highest BCUT2D eigenvalue weighted by Crippen LogP contribution is 2.71. The van der Waals surface area contributed by atoms with Crippen molar-refractivity contribution in [3.8, 4) is 0 Å². The Balaban J connectivity index is 1.87. The summed E-state index contributed by atoms with van der Waals surface area (Å²) in [4.78, 5) is 0. The van der Waals surface area contributed by atoms with Gasteiger partial charge in [0.15, 0.2) is 0 Å². The van der Waals surface area contributed by atoms with Gasteiger partial charge in [-0.2, -0.15) is 0 Å². The Morgan fingerprint density at radius 3 is 3.27 bits per heavy atom. The first-order chi connectivity index (χ1) is 5.45. The Bertz CT molecular complexity index is 247. The summed E-state index contributed by atoms with van der Waals surface area (Å²) in [6, 6.07) is 0. The fourth-order valence-corrected chi connectivity index (χ4v) is 4.28. The van der Waals surface area contributed by atoms with Crippen molar-refractivity contribution in [2.75, 3.05) is 0 Å². The van der Waals surface area contributed by atoms with E-state index in [1.165, 1.54) is 24.7 Å². The van der Waals surface area contributed by atoms with E-state index in [0.29, 0.717) is 0 Å². The fraction of sp³-hybridized carbons (Fsp3) is 0.818. The highest BCUT2D eigenvalue weighted by Gasteiger charge is 2.63. The van der Waals surface area contributed by atoms with Crippen molar-refractivity contribution in [2.45, 2.75) is 25.7 Å². The lowest BCUT2D eigenvalue weighted by atomic mass is 9.85. The topological polar surface area (TPSA) is 0 Å². The molecule has 4 rings (SSSR count). The first-order valence-electron chi connectivity index (χ1n) is 5.17. The van der Waals surface area contributed by atoms with Crippen LogP contribution in [-0.2, 0) is 0 Å². The third kappa shape index (κ3) is 0.457. The molecule has 0 heterocycles. The van der Waals surface area contributed by atoms with E-state index in [1.807, 2.05) is 5.57 Å². The summed E-state index contributed by atoms with van der Waals surface area (Å²) in [5, 5.41) is 0. The highest BCUT2D eigenvalue weighted by molar-refractivity contribution is 5.37. The van der Waals surface area contributed by atoms with Crippen LogP contribution in [0.3, 0.4) is 0 Å². The second kappa shape index (κ2) is 1.44. The van der Waals surface area contributed by atoms with E-state index in [-0.39, 0.29) is 0 Å². The standard InChI is InChI=1S/C11H14/c1-2-6-4-7-5-9(6)11-8(3-1)10(7)11/h5-8,10-11H,1-4H2. The number of allylic oxidation sites excluding steroid dienone is 2. The molecule has 0 N–H and O–H groups in total. The first-order valence-corrected chi connectivity index (χ1v) is 5.17. The zero-order valence-corrected chi connectivity index (χ0v) is 6.79. The fourth-order valence-electron chi connectivity index (χ4n) is 4.28. The monoisotopic (exact) mass is 146 g/mol. The number of rotatable bonds is 0. The molecule has 0 amide bonds. The molecule has 2 saturated carbocycles. The molecule has 5 atom stereocenters. The normalized spacial score (nSPS) is 62.5. The summed E-state index contributed by atoms with van der Waals surface area (Å²) in [6.45, 7) is 0.